The summed E-state index contributed by atoms with van der Waals surface area (Å²) in [6, 6.07) is 8.28. The lowest BCUT2D eigenvalue weighted by Crippen LogP contribution is -2.03. The Morgan fingerprint density at radius 2 is 1.96 bits per heavy atom. The van der Waals surface area contributed by atoms with Gasteiger partial charge in [-0.2, -0.15) is 0 Å². The van der Waals surface area contributed by atoms with Crippen molar-refractivity contribution in [1.82, 2.24) is 9.38 Å². The number of carboxylic acid groups (broad SMARTS) is 1. The quantitative estimate of drug-likeness (QED) is 0.737. The van der Waals surface area contributed by atoms with Crippen LogP contribution in [0.15, 0.2) is 24.3 Å². The number of carbonyl (C=O) groups is 1. The van der Waals surface area contributed by atoms with Gasteiger partial charge in [0.15, 0.2) is 4.96 Å². The summed E-state index contributed by atoms with van der Waals surface area (Å²) in [5, 5.41) is 9.46. The van der Waals surface area contributed by atoms with E-state index in [0.717, 1.165) is 46.9 Å². The average molecular weight is 328 g/mol. The molecule has 23 heavy (non-hydrogen) atoms. The fraction of sp³-hybridized carbons (Fsp3) is 0.333. The molecular formula is C18H20N2O2S. The molecule has 120 valence electrons. The first-order valence-electron chi connectivity index (χ1n) is 7.84. The van der Waals surface area contributed by atoms with E-state index in [1.165, 1.54) is 16.9 Å². The maximum atomic E-state index is 11.5. The number of rotatable bonds is 5. The van der Waals surface area contributed by atoms with Crippen LogP contribution in [0.1, 0.15) is 46.4 Å². The lowest BCUT2D eigenvalue weighted by Gasteiger charge is -2.04. The number of hydrogen-bond donors (Lipinski definition) is 1. The van der Waals surface area contributed by atoms with Gasteiger partial charge in [0.25, 0.3) is 0 Å². The van der Waals surface area contributed by atoms with Gasteiger partial charge >= 0.3 is 5.97 Å². The number of nitrogens with zero attached hydrogens (tertiary/aromatic N) is 2. The van der Waals surface area contributed by atoms with Gasteiger partial charge in [-0.3, -0.25) is 4.40 Å². The van der Waals surface area contributed by atoms with Crippen molar-refractivity contribution in [3.05, 3.63) is 46.1 Å². The smallest absolute Gasteiger partial charge is 0.347 e. The summed E-state index contributed by atoms with van der Waals surface area (Å²) in [6.07, 6.45) is 2.78. The first-order valence-corrected chi connectivity index (χ1v) is 8.65. The highest BCUT2D eigenvalue weighted by Gasteiger charge is 2.22. The highest BCUT2D eigenvalue weighted by atomic mass is 32.1. The second kappa shape index (κ2) is 6.16. The van der Waals surface area contributed by atoms with Crippen LogP contribution < -0.4 is 0 Å². The number of aromatic carboxylic acids is 1. The lowest BCUT2D eigenvalue weighted by molar-refractivity contribution is 0.0700. The predicted molar refractivity (Wildman–Crippen MR) is 93.6 cm³/mol. The van der Waals surface area contributed by atoms with Crippen LogP contribution in [0.2, 0.25) is 0 Å². The molecule has 0 amide bonds. The Bertz CT molecular complexity index is 859. The third-order valence-electron chi connectivity index (χ3n) is 4.09. The minimum absolute atomic E-state index is 0.416. The number of imidazole rings is 1. The number of unbranched alkanes of at least 4 members (excludes halogenated alkanes) is 1. The van der Waals surface area contributed by atoms with Gasteiger partial charge in [0.05, 0.1) is 5.69 Å². The van der Waals surface area contributed by atoms with E-state index in [9.17, 15) is 9.90 Å². The molecule has 4 nitrogen and oxygen atoms in total. The summed E-state index contributed by atoms with van der Waals surface area (Å²) in [7, 11) is 0. The second-order valence-electron chi connectivity index (χ2n) is 5.82. The average Bonchev–Trinajstić information content (AvgIpc) is 3.04. The van der Waals surface area contributed by atoms with Crippen LogP contribution >= 0.6 is 11.3 Å². The topological polar surface area (TPSA) is 54.6 Å². The zero-order valence-corrected chi connectivity index (χ0v) is 14.4. The summed E-state index contributed by atoms with van der Waals surface area (Å²) in [5.74, 6) is -0.858. The van der Waals surface area contributed by atoms with Crippen molar-refractivity contribution in [2.24, 2.45) is 0 Å². The van der Waals surface area contributed by atoms with Gasteiger partial charge in [-0.1, -0.05) is 54.5 Å². The van der Waals surface area contributed by atoms with Crippen LogP contribution in [0.3, 0.4) is 0 Å². The van der Waals surface area contributed by atoms with Crippen molar-refractivity contribution < 1.29 is 9.90 Å². The zero-order valence-electron chi connectivity index (χ0n) is 13.6. The molecule has 0 fully saturated rings. The molecule has 0 spiro atoms. The molecule has 0 atom stereocenters. The molecule has 0 bridgehead atoms. The molecule has 3 rings (SSSR count). The molecule has 2 aromatic heterocycles. The van der Waals surface area contributed by atoms with Crippen molar-refractivity contribution >= 4 is 22.3 Å². The molecular weight excluding hydrogens is 308 g/mol. The van der Waals surface area contributed by atoms with Crippen molar-refractivity contribution in [2.75, 3.05) is 0 Å². The van der Waals surface area contributed by atoms with Crippen molar-refractivity contribution in [1.29, 1.82) is 0 Å². The summed E-state index contributed by atoms with van der Waals surface area (Å²) < 4.78 is 2.03. The standard InChI is InChI=1S/C18H20N2O2S/c1-4-5-6-14-16(17(21)22)23-18-19-15(12(3)20(14)18)13-9-7-11(2)8-10-13/h7-10H,4-6H2,1-3H3,(H,21,22). The largest absolute Gasteiger partial charge is 0.477 e. The summed E-state index contributed by atoms with van der Waals surface area (Å²) in [4.78, 5) is 17.4. The van der Waals surface area contributed by atoms with Crippen LogP contribution in [0, 0.1) is 13.8 Å². The Balaban J connectivity index is 2.17. The van der Waals surface area contributed by atoms with Crippen LogP contribution in [-0.4, -0.2) is 20.5 Å². The Labute approximate surface area is 139 Å². The second-order valence-corrected chi connectivity index (χ2v) is 6.79. The fourth-order valence-electron chi connectivity index (χ4n) is 2.84. The highest BCUT2D eigenvalue weighted by Crippen LogP contribution is 2.32. The highest BCUT2D eigenvalue weighted by molar-refractivity contribution is 7.19. The molecule has 2 heterocycles. The maximum absolute atomic E-state index is 11.5. The third-order valence-corrected chi connectivity index (χ3v) is 5.16. The van der Waals surface area contributed by atoms with Crippen molar-refractivity contribution in [2.45, 2.75) is 40.0 Å². The summed E-state index contributed by atoms with van der Waals surface area (Å²) >= 11 is 1.27. The first kappa shape index (κ1) is 15.7. The number of aromatic nitrogens is 2. The molecule has 0 aliphatic heterocycles. The van der Waals surface area contributed by atoms with Gasteiger partial charge in [0, 0.05) is 17.0 Å². The van der Waals surface area contributed by atoms with Crippen LogP contribution in [0.4, 0.5) is 0 Å². The normalized spacial score (nSPS) is 11.3. The van der Waals surface area contributed by atoms with Crippen molar-refractivity contribution in [3.8, 4) is 11.3 Å². The third kappa shape index (κ3) is 2.77. The van der Waals surface area contributed by atoms with E-state index in [1.807, 2.05) is 11.3 Å². The van der Waals surface area contributed by atoms with E-state index in [1.54, 1.807) is 0 Å². The summed E-state index contributed by atoms with van der Waals surface area (Å²) in [5.41, 5.74) is 5.11. The molecule has 0 aliphatic rings. The number of thiazole rings is 1. The van der Waals surface area contributed by atoms with Gasteiger partial charge in [0.2, 0.25) is 0 Å². The SMILES string of the molecule is CCCCc1c(C(=O)O)sc2nc(-c3ccc(C)cc3)c(C)n12. The fourth-order valence-corrected chi connectivity index (χ4v) is 3.89. The number of carboxylic acids is 1. The Morgan fingerprint density at radius 3 is 2.57 bits per heavy atom. The number of benzene rings is 1. The molecule has 5 heteroatoms. The minimum atomic E-state index is -0.858. The van der Waals surface area contributed by atoms with E-state index in [0.29, 0.717) is 4.88 Å². The van der Waals surface area contributed by atoms with Crippen LogP contribution in [-0.2, 0) is 6.42 Å². The molecule has 0 unspecified atom stereocenters. The van der Waals surface area contributed by atoms with Crippen LogP contribution in [0.25, 0.3) is 16.2 Å². The maximum Gasteiger partial charge on any atom is 0.347 e. The molecule has 1 aromatic carbocycles. The van der Waals surface area contributed by atoms with Gasteiger partial charge in [-0.15, -0.1) is 0 Å². The van der Waals surface area contributed by atoms with E-state index in [4.69, 9.17) is 4.98 Å². The first-order chi connectivity index (χ1) is 11.0. The van der Waals surface area contributed by atoms with Crippen molar-refractivity contribution in [3.63, 3.8) is 0 Å². The predicted octanol–water partition coefficient (Wildman–Crippen LogP) is 4.72. The summed E-state index contributed by atoms with van der Waals surface area (Å²) in [6.45, 7) is 6.19. The Hall–Kier alpha value is -2.14. The molecule has 0 radical (unpaired) electrons. The molecule has 0 saturated carbocycles. The van der Waals surface area contributed by atoms with E-state index in [2.05, 4.69) is 38.1 Å². The molecule has 0 saturated heterocycles. The number of hydrogen-bond acceptors (Lipinski definition) is 3. The van der Waals surface area contributed by atoms with Gasteiger partial charge < -0.3 is 5.11 Å². The monoisotopic (exact) mass is 328 g/mol. The van der Waals surface area contributed by atoms with Gasteiger partial charge in [-0.25, -0.2) is 9.78 Å². The zero-order chi connectivity index (χ0) is 16.6. The minimum Gasteiger partial charge on any atom is -0.477 e. The molecule has 0 aliphatic carbocycles. The molecule has 3 aromatic rings. The van der Waals surface area contributed by atoms with E-state index >= 15 is 0 Å². The van der Waals surface area contributed by atoms with E-state index < -0.39 is 5.97 Å². The molecule has 1 N–H and O–H groups in total. The van der Waals surface area contributed by atoms with Crippen LogP contribution in [0.5, 0.6) is 0 Å². The number of fused-ring (bicyclic) bond motifs is 1. The van der Waals surface area contributed by atoms with E-state index in [-0.39, 0.29) is 0 Å². The van der Waals surface area contributed by atoms with Gasteiger partial charge in [-0.05, 0) is 26.7 Å². The number of aryl methyl sites for hydroxylation is 3. The Morgan fingerprint density at radius 1 is 1.26 bits per heavy atom. The lowest BCUT2D eigenvalue weighted by atomic mass is 10.1. The Kier molecular flexibility index (Phi) is 4.22. The van der Waals surface area contributed by atoms with Gasteiger partial charge in [0.1, 0.15) is 4.88 Å².